The summed E-state index contributed by atoms with van der Waals surface area (Å²) in [5.41, 5.74) is 1.15. The molecule has 0 bridgehead atoms. The number of carbonyl (C=O) groups is 2. The van der Waals surface area contributed by atoms with Crippen molar-refractivity contribution < 1.29 is 19.1 Å². The number of nitrogens with zero attached hydrogens (tertiary/aromatic N) is 6. The fourth-order valence-electron chi connectivity index (χ4n) is 5.58. The minimum Gasteiger partial charge on any atom is -0.444 e. The molecule has 10 nitrogen and oxygen atoms in total. The maximum Gasteiger partial charge on any atom is 0.410 e. The highest BCUT2D eigenvalue weighted by Crippen LogP contribution is 2.27. The van der Waals surface area contributed by atoms with E-state index in [0.29, 0.717) is 45.2 Å². The third kappa shape index (κ3) is 8.09. The number of imidazole rings is 1. The van der Waals surface area contributed by atoms with Gasteiger partial charge in [-0.3, -0.25) is 9.48 Å². The van der Waals surface area contributed by atoms with Gasteiger partial charge in [-0.2, -0.15) is 5.10 Å². The molecule has 10 heteroatoms. The lowest BCUT2D eigenvalue weighted by molar-refractivity contribution is -0.000973. The molecule has 1 fully saturated rings. The van der Waals surface area contributed by atoms with Gasteiger partial charge >= 0.3 is 6.09 Å². The first-order valence-electron chi connectivity index (χ1n) is 14.8. The quantitative estimate of drug-likeness (QED) is 0.300. The second-order valence-corrected chi connectivity index (χ2v) is 12.5. The standard InChI is InChI=1S/C31H46N6O4/c1-23(2)19-37(29(38)28-33-26-12-7-8-13-27(26)36(28)16-9-10-17-40-6)25-18-24(21-35-15-11-14-32-35)20-34(22-25)30(39)41-31(3,4)5/h7-8,11-15,23-25H,9-10,16-22H2,1-6H3/t24?,25-/m0/s1. The summed E-state index contributed by atoms with van der Waals surface area (Å²) in [6.45, 7) is 13.4. The summed E-state index contributed by atoms with van der Waals surface area (Å²) in [6, 6.07) is 9.62. The smallest absolute Gasteiger partial charge is 0.410 e. The van der Waals surface area contributed by atoms with Gasteiger partial charge in [0.25, 0.3) is 5.91 Å². The van der Waals surface area contributed by atoms with E-state index in [9.17, 15) is 9.59 Å². The molecule has 0 N–H and O–H groups in total. The minimum atomic E-state index is -0.609. The van der Waals surface area contributed by atoms with Crippen LogP contribution in [0, 0.1) is 11.8 Å². The van der Waals surface area contributed by atoms with Crippen molar-refractivity contribution in [2.45, 2.75) is 78.6 Å². The number of carbonyl (C=O) groups excluding carboxylic acids is 2. The second-order valence-electron chi connectivity index (χ2n) is 12.5. The van der Waals surface area contributed by atoms with Crippen molar-refractivity contribution in [2.24, 2.45) is 11.8 Å². The molecule has 41 heavy (non-hydrogen) atoms. The number of amides is 2. The summed E-state index contributed by atoms with van der Waals surface area (Å²) in [5.74, 6) is 0.689. The van der Waals surface area contributed by atoms with Crippen molar-refractivity contribution >= 4 is 23.0 Å². The van der Waals surface area contributed by atoms with Crippen LogP contribution in [-0.2, 0) is 22.6 Å². The van der Waals surface area contributed by atoms with Crippen molar-refractivity contribution in [1.82, 2.24) is 29.1 Å². The van der Waals surface area contributed by atoms with Crippen LogP contribution in [0.4, 0.5) is 4.79 Å². The summed E-state index contributed by atoms with van der Waals surface area (Å²) < 4.78 is 15.0. The van der Waals surface area contributed by atoms with Gasteiger partial charge < -0.3 is 23.8 Å². The molecular formula is C31H46N6O4. The molecule has 4 rings (SSSR count). The Morgan fingerprint density at radius 2 is 1.90 bits per heavy atom. The molecule has 0 saturated carbocycles. The summed E-state index contributed by atoms with van der Waals surface area (Å²) in [7, 11) is 1.70. The zero-order chi connectivity index (χ0) is 29.6. The zero-order valence-corrected chi connectivity index (χ0v) is 25.5. The number of unbranched alkanes of at least 4 members (excludes halogenated alkanes) is 1. The average Bonchev–Trinajstić information content (AvgIpc) is 3.56. The number of aryl methyl sites for hydroxylation is 1. The number of hydrogen-bond donors (Lipinski definition) is 0. The number of aromatic nitrogens is 4. The largest absolute Gasteiger partial charge is 0.444 e. The molecule has 0 spiro atoms. The lowest BCUT2D eigenvalue weighted by Crippen LogP contribution is -2.56. The van der Waals surface area contributed by atoms with Crippen LogP contribution in [0.2, 0.25) is 0 Å². The van der Waals surface area contributed by atoms with Gasteiger partial charge in [-0.05, 0) is 70.1 Å². The maximum atomic E-state index is 14.5. The topological polar surface area (TPSA) is 94.7 Å². The molecule has 1 saturated heterocycles. The van der Waals surface area contributed by atoms with Crippen molar-refractivity contribution in [3.8, 4) is 0 Å². The number of benzene rings is 1. The van der Waals surface area contributed by atoms with E-state index in [-0.39, 0.29) is 29.9 Å². The molecule has 1 aromatic carbocycles. The van der Waals surface area contributed by atoms with Crippen LogP contribution >= 0.6 is 0 Å². The number of fused-ring (bicyclic) bond motifs is 1. The number of likely N-dealkylation sites (tertiary alicyclic amines) is 1. The Kier molecular flexibility index (Phi) is 10.1. The van der Waals surface area contributed by atoms with Crippen molar-refractivity contribution in [3.05, 3.63) is 48.5 Å². The summed E-state index contributed by atoms with van der Waals surface area (Å²) in [5, 5.41) is 4.40. The fraction of sp³-hybridized carbons (Fsp3) is 0.613. The first-order valence-corrected chi connectivity index (χ1v) is 14.8. The van der Waals surface area contributed by atoms with Crippen LogP contribution in [0.15, 0.2) is 42.7 Å². The highest BCUT2D eigenvalue weighted by Gasteiger charge is 2.38. The number of ether oxygens (including phenoxy) is 2. The molecule has 2 amide bonds. The Labute approximate surface area is 243 Å². The van der Waals surface area contributed by atoms with E-state index < -0.39 is 5.60 Å². The Bertz CT molecular complexity index is 1280. The van der Waals surface area contributed by atoms with Gasteiger partial charge in [0.05, 0.1) is 17.1 Å². The predicted molar refractivity (Wildman–Crippen MR) is 159 cm³/mol. The Balaban J connectivity index is 1.66. The van der Waals surface area contributed by atoms with Gasteiger partial charge in [0.15, 0.2) is 5.82 Å². The highest BCUT2D eigenvalue weighted by atomic mass is 16.6. The molecule has 1 unspecified atom stereocenters. The van der Waals surface area contributed by atoms with Gasteiger partial charge in [0.2, 0.25) is 0 Å². The van der Waals surface area contributed by atoms with E-state index in [2.05, 4.69) is 23.5 Å². The van der Waals surface area contributed by atoms with Crippen LogP contribution in [0.25, 0.3) is 11.0 Å². The molecule has 3 heterocycles. The number of para-hydroxylation sites is 2. The average molecular weight is 567 g/mol. The van der Waals surface area contributed by atoms with Crippen molar-refractivity contribution in [2.75, 3.05) is 33.4 Å². The molecule has 1 aliphatic rings. The first kappa shape index (κ1) is 30.6. The Morgan fingerprint density at radius 1 is 1.12 bits per heavy atom. The third-order valence-corrected chi connectivity index (χ3v) is 7.26. The van der Waals surface area contributed by atoms with E-state index in [0.717, 1.165) is 30.3 Å². The monoisotopic (exact) mass is 566 g/mol. The van der Waals surface area contributed by atoms with E-state index >= 15 is 0 Å². The van der Waals surface area contributed by atoms with E-state index in [1.165, 1.54) is 0 Å². The fourth-order valence-corrected chi connectivity index (χ4v) is 5.58. The normalized spacial score (nSPS) is 17.8. The van der Waals surface area contributed by atoms with Gasteiger partial charge in [-0.25, -0.2) is 9.78 Å². The molecular weight excluding hydrogens is 520 g/mol. The predicted octanol–water partition coefficient (Wildman–Crippen LogP) is 5.08. The molecule has 3 aromatic rings. The van der Waals surface area contributed by atoms with E-state index in [1.54, 1.807) is 18.2 Å². The van der Waals surface area contributed by atoms with E-state index in [4.69, 9.17) is 14.5 Å². The molecule has 2 aromatic heterocycles. The summed E-state index contributed by atoms with van der Waals surface area (Å²) in [4.78, 5) is 36.3. The van der Waals surface area contributed by atoms with Gasteiger partial charge in [-0.1, -0.05) is 26.0 Å². The maximum absolute atomic E-state index is 14.5. The van der Waals surface area contributed by atoms with E-state index in [1.807, 2.05) is 66.9 Å². The minimum absolute atomic E-state index is 0.101. The zero-order valence-electron chi connectivity index (χ0n) is 25.5. The Morgan fingerprint density at radius 3 is 2.59 bits per heavy atom. The molecule has 2 atom stereocenters. The second kappa shape index (κ2) is 13.5. The van der Waals surface area contributed by atoms with Gasteiger partial charge in [0, 0.05) is 58.8 Å². The molecule has 0 aliphatic carbocycles. The van der Waals surface area contributed by atoms with Crippen LogP contribution in [0.3, 0.4) is 0 Å². The summed E-state index contributed by atoms with van der Waals surface area (Å²) in [6.07, 6.45) is 5.87. The van der Waals surface area contributed by atoms with Gasteiger partial charge in [-0.15, -0.1) is 0 Å². The summed E-state index contributed by atoms with van der Waals surface area (Å²) >= 11 is 0. The lowest BCUT2D eigenvalue weighted by Gasteiger charge is -2.43. The van der Waals surface area contributed by atoms with Crippen LogP contribution in [-0.4, -0.2) is 86.1 Å². The van der Waals surface area contributed by atoms with Gasteiger partial charge in [0.1, 0.15) is 5.60 Å². The molecule has 0 radical (unpaired) electrons. The van der Waals surface area contributed by atoms with Crippen LogP contribution < -0.4 is 0 Å². The Hall–Kier alpha value is -3.40. The SMILES string of the molecule is COCCCCn1c(C(=O)N(CC(C)C)[C@H]2CC(Cn3cccn3)CN(C(=O)OC(C)(C)C)C2)nc2ccccc21. The highest BCUT2D eigenvalue weighted by molar-refractivity contribution is 5.95. The lowest BCUT2D eigenvalue weighted by atomic mass is 9.92. The number of piperidine rings is 1. The van der Waals surface area contributed by atoms with Crippen LogP contribution in [0.5, 0.6) is 0 Å². The van der Waals surface area contributed by atoms with Crippen LogP contribution in [0.1, 0.15) is 64.5 Å². The van der Waals surface area contributed by atoms with Crippen molar-refractivity contribution in [1.29, 1.82) is 0 Å². The number of rotatable bonds is 11. The first-order chi connectivity index (χ1) is 19.6. The number of hydrogen-bond acceptors (Lipinski definition) is 6. The third-order valence-electron chi connectivity index (χ3n) is 7.26. The van der Waals surface area contributed by atoms with Crippen molar-refractivity contribution in [3.63, 3.8) is 0 Å². The molecule has 1 aliphatic heterocycles. The number of methoxy groups -OCH3 is 1. The molecule has 224 valence electrons.